The summed E-state index contributed by atoms with van der Waals surface area (Å²) in [5.41, 5.74) is 2.35. The molecule has 0 heterocycles. The largest absolute Gasteiger partial charge is 0.496 e. The van der Waals surface area contributed by atoms with Crippen LogP contribution in [0.15, 0.2) is 12.1 Å². The smallest absolute Gasteiger partial charge is 0.339 e. The molecule has 1 aromatic rings. The van der Waals surface area contributed by atoms with Crippen molar-refractivity contribution in [2.45, 2.75) is 52.6 Å². The molecule has 4 nitrogen and oxygen atoms in total. The quantitative estimate of drug-likeness (QED) is 0.848. The second kappa shape index (κ2) is 6.94. The Balaban J connectivity index is 3.45. The minimum Gasteiger partial charge on any atom is -0.496 e. The maximum atomic E-state index is 11.8. The van der Waals surface area contributed by atoms with Crippen LogP contribution in [0.25, 0.3) is 0 Å². The number of carbonyl (C=O) groups excluding carboxylic acids is 1. The van der Waals surface area contributed by atoms with Gasteiger partial charge in [0.1, 0.15) is 5.75 Å². The summed E-state index contributed by atoms with van der Waals surface area (Å²) in [5.74, 6) is -0.0934. The van der Waals surface area contributed by atoms with Crippen LogP contribution in [0.1, 0.15) is 57.4 Å². The lowest BCUT2D eigenvalue weighted by Gasteiger charge is -2.26. The van der Waals surface area contributed by atoms with E-state index in [0.717, 1.165) is 17.5 Å². The zero-order valence-electron chi connectivity index (χ0n) is 13.8. The van der Waals surface area contributed by atoms with Crippen molar-refractivity contribution < 1.29 is 19.4 Å². The molecule has 0 radical (unpaired) electrons. The second-order valence-electron chi connectivity index (χ2n) is 6.02. The van der Waals surface area contributed by atoms with E-state index in [1.807, 2.05) is 13.0 Å². The Hall–Kier alpha value is -1.55. The average molecular weight is 294 g/mol. The molecule has 1 unspecified atom stereocenters. The number of benzene rings is 1. The fraction of sp³-hybridized carbons (Fsp3) is 0.588. The van der Waals surface area contributed by atoms with Gasteiger partial charge in [0.15, 0.2) is 6.10 Å². The highest BCUT2D eigenvalue weighted by atomic mass is 16.5. The molecule has 0 fully saturated rings. The van der Waals surface area contributed by atoms with Gasteiger partial charge in [-0.05, 0) is 30.4 Å². The van der Waals surface area contributed by atoms with Gasteiger partial charge < -0.3 is 14.6 Å². The molecule has 0 aliphatic carbocycles. The predicted octanol–water partition coefficient (Wildman–Crippen LogP) is 3.15. The molecule has 0 aromatic heterocycles. The third-order valence-electron chi connectivity index (χ3n) is 3.40. The summed E-state index contributed by atoms with van der Waals surface area (Å²) < 4.78 is 10.4. The lowest BCUT2D eigenvalue weighted by molar-refractivity contribution is -0.153. The van der Waals surface area contributed by atoms with E-state index in [-0.39, 0.29) is 12.0 Å². The first kappa shape index (κ1) is 17.5. The van der Waals surface area contributed by atoms with E-state index >= 15 is 0 Å². The highest BCUT2D eigenvalue weighted by molar-refractivity contribution is 5.78. The number of aryl methyl sites for hydroxylation is 1. The van der Waals surface area contributed by atoms with Gasteiger partial charge in [-0.1, -0.05) is 33.8 Å². The first-order chi connectivity index (χ1) is 9.76. The highest BCUT2D eigenvalue weighted by Gasteiger charge is 2.28. The van der Waals surface area contributed by atoms with Crippen LogP contribution in [0.5, 0.6) is 5.75 Å². The molecule has 1 rings (SSSR count). The first-order valence-electron chi connectivity index (χ1n) is 7.32. The summed E-state index contributed by atoms with van der Waals surface area (Å²) in [6.07, 6.45) is -0.511. The van der Waals surface area contributed by atoms with Crippen molar-refractivity contribution in [1.82, 2.24) is 0 Å². The van der Waals surface area contributed by atoms with Crippen LogP contribution in [0.4, 0.5) is 0 Å². The minimum atomic E-state index is -1.33. The van der Waals surface area contributed by atoms with Crippen molar-refractivity contribution in [2.24, 2.45) is 0 Å². The molecule has 0 bridgehead atoms. The van der Waals surface area contributed by atoms with Crippen LogP contribution < -0.4 is 4.74 Å². The molecule has 0 spiro atoms. The molecule has 1 N–H and O–H groups in total. The molecule has 0 aliphatic rings. The Morgan fingerprint density at radius 1 is 1.29 bits per heavy atom. The molecule has 1 atom stereocenters. The summed E-state index contributed by atoms with van der Waals surface area (Å²) in [4.78, 5) is 11.8. The Morgan fingerprint density at radius 3 is 2.33 bits per heavy atom. The third-order valence-corrected chi connectivity index (χ3v) is 3.40. The Bertz CT molecular complexity index is 500. The lowest BCUT2D eigenvalue weighted by atomic mass is 9.83. The van der Waals surface area contributed by atoms with Crippen LogP contribution in [0, 0.1) is 0 Å². The molecule has 4 heteroatoms. The molecule has 0 saturated carbocycles. The second-order valence-corrected chi connectivity index (χ2v) is 6.02. The summed E-state index contributed by atoms with van der Waals surface area (Å²) in [7, 11) is 1.55. The van der Waals surface area contributed by atoms with Crippen LogP contribution in [0.2, 0.25) is 0 Å². The summed E-state index contributed by atoms with van der Waals surface area (Å²) in [5, 5.41) is 10.3. The number of rotatable bonds is 5. The van der Waals surface area contributed by atoms with E-state index < -0.39 is 12.1 Å². The van der Waals surface area contributed by atoms with Crippen molar-refractivity contribution in [3.63, 3.8) is 0 Å². The number of methoxy groups -OCH3 is 1. The normalized spacial score (nSPS) is 12.9. The first-order valence-corrected chi connectivity index (χ1v) is 7.32. The molecular formula is C17H26O4. The van der Waals surface area contributed by atoms with Crippen molar-refractivity contribution in [3.8, 4) is 5.75 Å². The van der Waals surface area contributed by atoms with Gasteiger partial charge in [0, 0.05) is 11.1 Å². The van der Waals surface area contributed by atoms with E-state index in [0.29, 0.717) is 11.3 Å². The van der Waals surface area contributed by atoms with Gasteiger partial charge in [0.2, 0.25) is 0 Å². The van der Waals surface area contributed by atoms with Gasteiger partial charge in [-0.3, -0.25) is 0 Å². The number of carbonyl (C=O) groups is 1. The SMILES string of the molecule is CCOC(=O)C(O)c1cc(CC)cc(C(C)(C)C)c1OC. The van der Waals surface area contributed by atoms with Gasteiger partial charge in [-0.2, -0.15) is 0 Å². The van der Waals surface area contributed by atoms with Gasteiger partial charge in [0.25, 0.3) is 0 Å². The summed E-state index contributed by atoms with van der Waals surface area (Å²) >= 11 is 0. The third kappa shape index (κ3) is 3.97. The maximum Gasteiger partial charge on any atom is 0.339 e. The Labute approximate surface area is 127 Å². The van der Waals surface area contributed by atoms with Crippen molar-refractivity contribution in [1.29, 1.82) is 0 Å². The van der Waals surface area contributed by atoms with Crippen molar-refractivity contribution >= 4 is 5.97 Å². The number of esters is 1. The fourth-order valence-corrected chi connectivity index (χ4v) is 2.25. The fourth-order valence-electron chi connectivity index (χ4n) is 2.25. The molecular weight excluding hydrogens is 268 g/mol. The molecule has 0 saturated heterocycles. The van der Waals surface area contributed by atoms with Crippen LogP contribution in [-0.2, 0) is 21.4 Å². The average Bonchev–Trinajstić information content (AvgIpc) is 2.44. The number of hydrogen-bond donors (Lipinski definition) is 1. The van der Waals surface area contributed by atoms with E-state index in [4.69, 9.17) is 9.47 Å². The highest BCUT2D eigenvalue weighted by Crippen LogP contribution is 2.38. The minimum absolute atomic E-state index is 0.153. The zero-order chi connectivity index (χ0) is 16.2. The topological polar surface area (TPSA) is 55.8 Å². The molecule has 118 valence electrons. The van der Waals surface area contributed by atoms with Crippen molar-refractivity contribution in [2.75, 3.05) is 13.7 Å². The predicted molar refractivity (Wildman–Crippen MR) is 82.7 cm³/mol. The summed E-state index contributed by atoms with van der Waals surface area (Å²) in [6.45, 7) is 10.2. The number of aliphatic hydroxyl groups is 1. The van der Waals surface area contributed by atoms with Crippen LogP contribution in [0.3, 0.4) is 0 Å². The number of hydrogen-bond acceptors (Lipinski definition) is 4. The monoisotopic (exact) mass is 294 g/mol. The molecule has 0 aliphatic heterocycles. The molecule has 0 amide bonds. The molecule has 1 aromatic carbocycles. The van der Waals surface area contributed by atoms with E-state index in [9.17, 15) is 9.90 Å². The molecule has 21 heavy (non-hydrogen) atoms. The summed E-state index contributed by atoms with van der Waals surface area (Å²) in [6, 6.07) is 3.88. The standard InChI is InChI=1S/C17H26O4/c1-7-11-9-12(14(18)16(19)21-8-2)15(20-6)13(10-11)17(3,4)5/h9-10,14,18H,7-8H2,1-6H3. The van der Waals surface area contributed by atoms with Gasteiger partial charge >= 0.3 is 5.97 Å². The van der Waals surface area contributed by atoms with Gasteiger partial charge in [-0.15, -0.1) is 0 Å². The lowest BCUT2D eigenvalue weighted by Crippen LogP contribution is -2.20. The van der Waals surface area contributed by atoms with Crippen LogP contribution in [-0.4, -0.2) is 24.8 Å². The van der Waals surface area contributed by atoms with Crippen molar-refractivity contribution in [3.05, 3.63) is 28.8 Å². The van der Waals surface area contributed by atoms with Gasteiger partial charge in [0.05, 0.1) is 13.7 Å². The Morgan fingerprint density at radius 2 is 1.90 bits per heavy atom. The number of aliphatic hydroxyl groups excluding tert-OH is 1. The maximum absolute atomic E-state index is 11.8. The number of ether oxygens (including phenoxy) is 2. The Kier molecular flexibility index (Phi) is 5.78. The van der Waals surface area contributed by atoms with E-state index in [1.165, 1.54) is 0 Å². The van der Waals surface area contributed by atoms with Gasteiger partial charge in [-0.25, -0.2) is 4.79 Å². The van der Waals surface area contributed by atoms with Crippen LogP contribution >= 0.6 is 0 Å². The van der Waals surface area contributed by atoms with E-state index in [2.05, 4.69) is 26.8 Å². The van der Waals surface area contributed by atoms with E-state index in [1.54, 1.807) is 14.0 Å². The zero-order valence-corrected chi connectivity index (χ0v) is 13.8.